The van der Waals surface area contributed by atoms with Crippen LogP contribution in [0, 0.1) is 0 Å². The maximum atomic E-state index is 9.41. The average Bonchev–Trinajstić information content (AvgIpc) is 2.35. The summed E-state index contributed by atoms with van der Waals surface area (Å²) in [5.74, 6) is 1.02. The Hall–Kier alpha value is -1.67. The first-order valence-electron chi connectivity index (χ1n) is 5.30. The number of rotatable bonds is 3. The number of ether oxygens (including phenoxy) is 1. The Balaban J connectivity index is 2.25. The highest BCUT2D eigenvalue weighted by Crippen LogP contribution is 2.24. The molecular weight excluding hydrogens is 236 g/mol. The molecule has 0 aromatic heterocycles. The molecule has 0 heterocycles. The maximum absolute atomic E-state index is 9.41. The molecule has 0 aliphatic heterocycles. The monoisotopic (exact) mass is 248 g/mol. The summed E-state index contributed by atoms with van der Waals surface area (Å²) in [7, 11) is 0. The highest BCUT2D eigenvalue weighted by atomic mass is 35.5. The van der Waals surface area contributed by atoms with Gasteiger partial charge < -0.3 is 9.84 Å². The number of aromatic hydroxyl groups is 1. The SMILES string of the molecule is C/C(=C/Cl)COc1ccc2ccc(O)cc2c1. The minimum absolute atomic E-state index is 0.256. The maximum Gasteiger partial charge on any atom is 0.120 e. The van der Waals surface area contributed by atoms with E-state index >= 15 is 0 Å². The number of halogens is 1. The third kappa shape index (κ3) is 2.92. The minimum Gasteiger partial charge on any atom is -0.508 e. The number of phenols is 1. The summed E-state index contributed by atoms with van der Waals surface area (Å²) in [5.41, 5.74) is 2.47. The van der Waals surface area contributed by atoms with Gasteiger partial charge in [-0.2, -0.15) is 0 Å². The topological polar surface area (TPSA) is 29.5 Å². The lowest BCUT2D eigenvalue weighted by atomic mass is 10.1. The molecule has 0 atom stereocenters. The molecule has 88 valence electrons. The van der Waals surface area contributed by atoms with Crippen molar-refractivity contribution in [2.24, 2.45) is 0 Å². The average molecular weight is 249 g/mol. The molecule has 2 aromatic carbocycles. The fraction of sp³-hybridized carbons (Fsp3) is 0.143. The van der Waals surface area contributed by atoms with E-state index in [2.05, 4.69) is 0 Å². The zero-order valence-electron chi connectivity index (χ0n) is 9.48. The normalized spacial score (nSPS) is 11.8. The quantitative estimate of drug-likeness (QED) is 0.887. The zero-order valence-corrected chi connectivity index (χ0v) is 10.2. The molecule has 0 amide bonds. The van der Waals surface area contributed by atoms with Crippen LogP contribution in [0.3, 0.4) is 0 Å². The van der Waals surface area contributed by atoms with Gasteiger partial charge >= 0.3 is 0 Å². The van der Waals surface area contributed by atoms with Crippen molar-refractivity contribution in [1.29, 1.82) is 0 Å². The highest BCUT2D eigenvalue weighted by molar-refractivity contribution is 6.25. The van der Waals surface area contributed by atoms with Gasteiger partial charge in [0, 0.05) is 5.54 Å². The minimum atomic E-state index is 0.256. The van der Waals surface area contributed by atoms with Crippen molar-refractivity contribution in [3.63, 3.8) is 0 Å². The van der Waals surface area contributed by atoms with Crippen molar-refractivity contribution >= 4 is 22.4 Å². The van der Waals surface area contributed by atoms with E-state index in [9.17, 15) is 5.11 Å². The zero-order chi connectivity index (χ0) is 12.3. The number of benzene rings is 2. The molecule has 3 heteroatoms. The Labute approximate surface area is 105 Å². The molecule has 17 heavy (non-hydrogen) atoms. The van der Waals surface area contributed by atoms with Crippen molar-refractivity contribution in [3.05, 3.63) is 47.5 Å². The van der Waals surface area contributed by atoms with Crippen LogP contribution in [-0.2, 0) is 0 Å². The van der Waals surface area contributed by atoms with Crippen LogP contribution in [0.5, 0.6) is 11.5 Å². The summed E-state index contributed by atoms with van der Waals surface area (Å²) in [4.78, 5) is 0. The molecule has 0 radical (unpaired) electrons. The van der Waals surface area contributed by atoms with Crippen LogP contribution in [-0.4, -0.2) is 11.7 Å². The van der Waals surface area contributed by atoms with E-state index in [1.54, 1.807) is 12.1 Å². The van der Waals surface area contributed by atoms with Gasteiger partial charge in [-0.05, 0) is 47.5 Å². The number of hydrogen-bond acceptors (Lipinski definition) is 2. The second kappa shape index (κ2) is 5.11. The lowest BCUT2D eigenvalue weighted by molar-refractivity contribution is 0.353. The summed E-state index contributed by atoms with van der Waals surface area (Å²) < 4.78 is 5.57. The molecule has 0 fully saturated rings. The highest BCUT2D eigenvalue weighted by Gasteiger charge is 1.99. The summed E-state index contributed by atoms with van der Waals surface area (Å²) in [6.07, 6.45) is 0. The Morgan fingerprint density at radius 2 is 2.00 bits per heavy atom. The molecule has 1 N–H and O–H groups in total. The Morgan fingerprint density at radius 3 is 2.76 bits per heavy atom. The van der Waals surface area contributed by atoms with E-state index in [0.29, 0.717) is 6.61 Å². The van der Waals surface area contributed by atoms with Crippen LogP contribution in [0.15, 0.2) is 47.5 Å². The van der Waals surface area contributed by atoms with Crippen LogP contribution in [0.25, 0.3) is 10.8 Å². The molecule has 2 rings (SSSR count). The van der Waals surface area contributed by atoms with Crippen molar-refractivity contribution in [1.82, 2.24) is 0 Å². The summed E-state index contributed by atoms with van der Waals surface area (Å²) in [6.45, 7) is 2.37. The first kappa shape index (κ1) is 11.8. The van der Waals surface area contributed by atoms with Gasteiger partial charge in [0.25, 0.3) is 0 Å². The molecule has 0 saturated carbocycles. The standard InChI is InChI=1S/C14H13ClO2/c1-10(8-15)9-17-14-5-3-11-2-4-13(16)6-12(11)7-14/h2-8,16H,9H2,1H3/b10-8-. The van der Waals surface area contributed by atoms with Gasteiger partial charge in [-0.1, -0.05) is 23.7 Å². The van der Waals surface area contributed by atoms with Gasteiger partial charge in [-0.25, -0.2) is 0 Å². The number of fused-ring (bicyclic) bond motifs is 1. The van der Waals surface area contributed by atoms with E-state index in [1.807, 2.05) is 31.2 Å². The first-order chi connectivity index (χ1) is 8.19. The van der Waals surface area contributed by atoms with Gasteiger partial charge in [0.05, 0.1) is 0 Å². The molecule has 2 nitrogen and oxygen atoms in total. The number of phenolic OH excluding ortho intramolecular Hbond substituents is 1. The van der Waals surface area contributed by atoms with E-state index in [-0.39, 0.29) is 5.75 Å². The second-order valence-corrected chi connectivity index (χ2v) is 4.16. The van der Waals surface area contributed by atoms with Gasteiger partial charge in [0.15, 0.2) is 0 Å². The predicted octanol–water partition coefficient (Wildman–Crippen LogP) is 4.07. The lowest BCUT2D eigenvalue weighted by Gasteiger charge is -2.07. The third-order valence-corrected chi connectivity index (χ3v) is 2.82. The fourth-order valence-corrected chi connectivity index (χ4v) is 1.59. The number of hydrogen-bond donors (Lipinski definition) is 1. The predicted molar refractivity (Wildman–Crippen MR) is 70.7 cm³/mol. The van der Waals surface area contributed by atoms with Crippen LogP contribution < -0.4 is 4.74 Å². The van der Waals surface area contributed by atoms with Crippen LogP contribution in [0.1, 0.15) is 6.92 Å². The fourth-order valence-electron chi connectivity index (χ4n) is 1.53. The Bertz CT molecular complexity index is 561. The molecule has 0 bridgehead atoms. The van der Waals surface area contributed by atoms with Crippen molar-refractivity contribution < 1.29 is 9.84 Å². The summed E-state index contributed by atoms with van der Waals surface area (Å²) in [5, 5.41) is 11.4. The van der Waals surface area contributed by atoms with E-state index in [1.165, 1.54) is 5.54 Å². The van der Waals surface area contributed by atoms with Crippen molar-refractivity contribution in [2.45, 2.75) is 6.92 Å². The van der Waals surface area contributed by atoms with Crippen molar-refractivity contribution in [2.75, 3.05) is 6.61 Å². The molecule has 0 aliphatic rings. The summed E-state index contributed by atoms with van der Waals surface area (Å²) in [6, 6.07) is 11.0. The first-order valence-corrected chi connectivity index (χ1v) is 5.74. The van der Waals surface area contributed by atoms with Gasteiger partial charge in [0.2, 0.25) is 0 Å². The van der Waals surface area contributed by atoms with E-state index < -0.39 is 0 Å². The second-order valence-electron chi connectivity index (χ2n) is 3.94. The molecule has 0 spiro atoms. The van der Waals surface area contributed by atoms with Crippen LogP contribution in [0.4, 0.5) is 0 Å². The molecule has 0 aliphatic carbocycles. The van der Waals surface area contributed by atoms with Gasteiger partial charge in [-0.3, -0.25) is 0 Å². The summed E-state index contributed by atoms with van der Waals surface area (Å²) >= 11 is 5.56. The largest absolute Gasteiger partial charge is 0.508 e. The third-order valence-electron chi connectivity index (χ3n) is 2.45. The van der Waals surface area contributed by atoms with Crippen LogP contribution >= 0.6 is 11.6 Å². The smallest absolute Gasteiger partial charge is 0.120 e. The Kier molecular flexibility index (Phi) is 3.55. The van der Waals surface area contributed by atoms with Gasteiger partial charge in [-0.15, -0.1) is 0 Å². The molecule has 0 unspecified atom stereocenters. The lowest BCUT2D eigenvalue weighted by Crippen LogP contribution is -1.97. The molecular formula is C14H13ClO2. The van der Waals surface area contributed by atoms with Crippen molar-refractivity contribution in [3.8, 4) is 11.5 Å². The Morgan fingerprint density at radius 1 is 1.24 bits per heavy atom. The molecule has 2 aromatic rings. The van der Waals surface area contributed by atoms with Crippen LogP contribution in [0.2, 0.25) is 0 Å². The molecule has 0 saturated heterocycles. The van der Waals surface area contributed by atoms with Gasteiger partial charge in [0.1, 0.15) is 18.1 Å². The van der Waals surface area contributed by atoms with E-state index in [0.717, 1.165) is 22.1 Å². The van der Waals surface area contributed by atoms with E-state index in [4.69, 9.17) is 16.3 Å².